The van der Waals surface area contributed by atoms with E-state index in [0.29, 0.717) is 17.9 Å². The second kappa shape index (κ2) is 9.26. The summed E-state index contributed by atoms with van der Waals surface area (Å²) in [7, 11) is 0. The fraction of sp³-hybridized carbons (Fsp3) is 0.438. The van der Waals surface area contributed by atoms with E-state index in [4.69, 9.17) is 17.0 Å². The summed E-state index contributed by atoms with van der Waals surface area (Å²) < 4.78 is 37.6. The van der Waals surface area contributed by atoms with Crippen molar-refractivity contribution in [3.63, 3.8) is 0 Å². The first-order chi connectivity index (χ1) is 10.4. The van der Waals surface area contributed by atoms with Gasteiger partial charge in [-0.15, -0.1) is 11.6 Å². The summed E-state index contributed by atoms with van der Waals surface area (Å²) in [4.78, 5) is 0.994. The fourth-order valence-corrected chi connectivity index (χ4v) is 2.99. The molecule has 0 spiro atoms. The van der Waals surface area contributed by atoms with Crippen LogP contribution in [0.2, 0.25) is 0 Å². The summed E-state index contributed by atoms with van der Waals surface area (Å²) in [5.74, 6) is 0.464. The minimum atomic E-state index is -4.35. The van der Waals surface area contributed by atoms with Gasteiger partial charge < -0.3 is 0 Å². The average molecular weight is 350 g/mol. The van der Waals surface area contributed by atoms with Crippen LogP contribution < -0.4 is 0 Å². The zero-order chi connectivity index (χ0) is 16.6. The molecule has 0 aliphatic rings. The predicted molar refractivity (Wildman–Crippen MR) is 88.8 cm³/mol. The topological polar surface area (TPSA) is 23.9 Å². The van der Waals surface area contributed by atoms with Gasteiger partial charge in [-0.2, -0.15) is 13.2 Å². The van der Waals surface area contributed by atoms with Crippen molar-refractivity contribution < 1.29 is 13.2 Å². The minimum Gasteiger partial charge on any atom is -0.293 e. The van der Waals surface area contributed by atoms with E-state index in [2.05, 4.69) is 13.0 Å². The first-order valence-electron chi connectivity index (χ1n) is 7.07. The maximum Gasteiger partial charge on any atom is 0.416 e. The van der Waals surface area contributed by atoms with Gasteiger partial charge >= 0.3 is 6.18 Å². The average Bonchev–Trinajstić information content (AvgIpc) is 2.47. The molecule has 0 aromatic heterocycles. The van der Waals surface area contributed by atoms with Crippen molar-refractivity contribution in [3.05, 3.63) is 46.4 Å². The van der Waals surface area contributed by atoms with Crippen LogP contribution in [0.4, 0.5) is 13.2 Å². The Morgan fingerprint density at radius 3 is 2.41 bits per heavy atom. The summed E-state index contributed by atoms with van der Waals surface area (Å²) in [6.07, 6.45) is 1.47. The Kier molecular flexibility index (Phi) is 8.04. The monoisotopic (exact) mass is 349 g/mol. The Bertz CT molecular complexity index is 509. The van der Waals surface area contributed by atoms with E-state index < -0.39 is 11.7 Å². The van der Waals surface area contributed by atoms with Crippen LogP contribution in [0.5, 0.6) is 0 Å². The van der Waals surface area contributed by atoms with E-state index in [1.807, 2.05) is 0 Å². The molecular formula is C16H19ClF3NS. The van der Waals surface area contributed by atoms with Crippen molar-refractivity contribution >= 4 is 28.4 Å². The molecule has 0 bridgehead atoms. The molecule has 0 heterocycles. The van der Waals surface area contributed by atoms with Crippen molar-refractivity contribution in [1.82, 2.24) is 0 Å². The van der Waals surface area contributed by atoms with E-state index in [9.17, 15) is 13.2 Å². The molecule has 22 heavy (non-hydrogen) atoms. The molecule has 1 aromatic rings. The first-order valence-corrected chi connectivity index (χ1v) is 8.42. The number of benzene rings is 1. The van der Waals surface area contributed by atoms with Gasteiger partial charge in [0, 0.05) is 11.4 Å². The smallest absolute Gasteiger partial charge is 0.293 e. The van der Waals surface area contributed by atoms with Gasteiger partial charge in [0.25, 0.3) is 0 Å². The number of rotatable bonds is 7. The molecule has 1 N–H and O–H groups in total. The maximum absolute atomic E-state index is 12.5. The fourth-order valence-electron chi connectivity index (χ4n) is 1.76. The predicted octanol–water partition coefficient (Wildman–Crippen LogP) is 6.47. The van der Waals surface area contributed by atoms with E-state index in [1.54, 1.807) is 0 Å². The van der Waals surface area contributed by atoms with Gasteiger partial charge in [-0.05, 0) is 29.9 Å². The molecule has 0 amide bonds. The van der Waals surface area contributed by atoms with Crippen LogP contribution in [-0.2, 0) is 6.18 Å². The molecule has 0 fully saturated rings. The van der Waals surface area contributed by atoms with Gasteiger partial charge in [-0.25, -0.2) is 0 Å². The standard InChI is InChI=1S/C16H19ClF3NS/c1-2-3-4-5-14(10-11-17)22-15(21)12-6-8-13(9-7-12)16(18,19)20/h5-9,21H,2-4,10-11H2,1H3/b14-5+,21-15?. The summed E-state index contributed by atoms with van der Waals surface area (Å²) >= 11 is 7.02. The van der Waals surface area contributed by atoms with Gasteiger partial charge in [0.2, 0.25) is 0 Å². The lowest BCUT2D eigenvalue weighted by Crippen LogP contribution is -2.05. The van der Waals surface area contributed by atoms with Crippen LogP contribution >= 0.6 is 23.4 Å². The summed E-state index contributed by atoms with van der Waals surface area (Å²) in [5, 5.41) is 8.28. The number of unbranched alkanes of at least 4 members (excludes halogenated alkanes) is 2. The van der Waals surface area contributed by atoms with Crippen molar-refractivity contribution in [3.8, 4) is 0 Å². The van der Waals surface area contributed by atoms with Crippen LogP contribution in [0, 0.1) is 5.41 Å². The lowest BCUT2D eigenvalue weighted by atomic mass is 10.1. The highest BCUT2D eigenvalue weighted by Crippen LogP contribution is 2.30. The molecule has 0 aliphatic carbocycles. The quantitative estimate of drug-likeness (QED) is 0.259. The van der Waals surface area contributed by atoms with E-state index in [1.165, 1.54) is 23.9 Å². The first kappa shape index (κ1) is 19.1. The Hall–Kier alpha value is -0.940. The molecule has 0 aliphatic heterocycles. The summed E-state index contributed by atoms with van der Waals surface area (Å²) in [5.41, 5.74) is -0.220. The van der Waals surface area contributed by atoms with Gasteiger partial charge in [0.15, 0.2) is 0 Å². The molecular weight excluding hydrogens is 331 g/mol. The Labute approximate surface area is 138 Å². The Morgan fingerprint density at radius 1 is 1.27 bits per heavy atom. The van der Waals surface area contributed by atoms with Gasteiger partial charge in [0.1, 0.15) is 0 Å². The number of thioether (sulfide) groups is 1. The van der Waals surface area contributed by atoms with Gasteiger partial charge in [-0.3, -0.25) is 5.41 Å². The number of alkyl halides is 4. The van der Waals surface area contributed by atoms with E-state index in [-0.39, 0.29) is 5.04 Å². The number of nitrogens with one attached hydrogen (secondary N) is 1. The molecule has 1 nitrogen and oxygen atoms in total. The number of halogens is 4. The third kappa shape index (κ3) is 6.44. The van der Waals surface area contributed by atoms with E-state index >= 15 is 0 Å². The zero-order valence-electron chi connectivity index (χ0n) is 12.3. The van der Waals surface area contributed by atoms with Crippen molar-refractivity contribution in [2.24, 2.45) is 0 Å². The van der Waals surface area contributed by atoms with E-state index in [0.717, 1.165) is 36.3 Å². The second-order valence-corrected chi connectivity index (χ2v) is 6.27. The van der Waals surface area contributed by atoms with Crippen molar-refractivity contribution in [1.29, 1.82) is 5.41 Å². The second-order valence-electron chi connectivity index (χ2n) is 4.76. The normalized spacial score (nSPS) is 12.5. The molecule has 0 unspecified atom stereocenters. The maximum atomic E-state index is 12.5. The van der Waals surface area contributed by atoms with Crippen LogP contribution in [-0.4, -0.2) is 10.9 Å². The highest BCUT2D eigenvalue weighted by atomic mass is 35.5. The van der Waals surface area contributed by atoms with Crippen LogP contribution in [0.25, 0.3) is 0 Å². The number of hydrogen-bond acceptors (Lipinski definition) is 2. The lowest BCUT2D eigenvalue weighted by Gasteiger charge is -2.10. The SMILES string of the molecule is CCCC/C=C(\CCCl)SC(=N)c1ccc(C(F)(F)F)cc1. The zero-order valence-corrected chi connectivity index (χ0v) is 13.9. The molecule has 6 heteroatoms. The van der Waals surface area contributed by atoms with Crippen LogP contribution in [0.1, 0.15) is 43.7 Å². The Morgan fingerprint density at radius 2 is 1.91 bits per heavy atom. The lowest BCUT2D eigenvalue weighted by molar-refractivity contribution is -0.137. The number of allylic oxidation sites excluding steroid dienone is 2. The van der Waals surface area contributed by atoms with Crippen LogP contribution in [0.15, 0.2) is 35.2 Å². The molecule has 0 saturated heterocycles. The summed E-state index contributed by atoms with van der Waals surface area (Å²) in [6.45, 7) is 2.10. The van der Waals surface area contributed by atoms with Crippen LogP contribution in [0.3, 0.4) is 0 Å². The Balaban J connectivity index is 2.75. The number of hydrogen-bond donors (Lipinski definition) is 1. The molecule has 1 rings (SSSR count). The van der Waals surface area contributed by atoms with Crippen molar-refractivity contribution in [2.75, 3.05) is 5.88 Å². The third-order valence-corrected chi connectivity index (χ3v) is 4.24. The molecule has 122 valence electrons. The highest BCUT2D eigenvalue weighted by Gasteiger charge is 2.30. The van der Waals surface area contributed by atoms with Gasteiger partial charge in [-0.1, -0.05) is 49.7 Å². The van der Waals surface area contributed by atoms with Crippen molar-refractivity contribution in [2.45, 2.75) is 38.8 Å². The molecule has 0 atom stereocenters. The molecule has 1 aromatic carbocycles. The third-order valence-electron chi connectivity index (χ3n) is 2.98. The molecule has 0 radical (unpaired) electrons. The largest absolute Gasteiger partial charge is 0.416 e. The highest BCUT2D eigenvalue weighted by molar-refractivity contribution is 8.17. The minimum absolute atomic E-state index is 0.238. The molecule has 0 saturated carbocycles. The summed E-state index contributed by atoms with van der Waals surface area (Å²) in [6, 6.07) is 4.68. The van der Waals surface area contributed by atoms with Gasteiger partial charge in [0.05, 0.1) is 10.6 Å².